The molecule has 4 rings (SSSR count). The third-order valence-corrected chi connectivity index (χ3v) is 5.94. The van der Waals surface area contributed by atoms with Crippen LogP contribution < -0.4 is 5.32 Å². The summed E-state index contributed by atoms with van der Waals surface area (Å²) in [4.78, 5) is 16.2. The summed E-state index contributed by atoms with van der Waals surface area (Å²) in [6, 6.07) is 14.8. The van der Waals surface area contributed by atoms with Gasteiger partial charge in [-0.3, -0.25) is 0 Å². The molecular weight excluding hydrogens is 376 g/mol. The predicted octanol–water partition coefficient (Wildman–Crippen LogP) is 5.74. The number of benzene rings is 2. The van der Waals surface area contributed by atoms with E-state index in [1.54, 1.807) is 24.3 Å². The lowest BCUT2D eigenvalue weighted by molar-refractivity contribution is 0.0697. The smallest absolute Gasteiger partial charge is 0.335 e. The summed E-state index contributed by atoms with van der Waals surface area (Å²) >= 11 is 0. The fourth-order valence-corrected chi connectivity index (χ4v) is 4.94. The van der Waals surface area contributed by atoms with Gasteiger partial charge < -0.3 is 15.0 Å². The first-order valence-corrected chi connectivity index (χ1v) is 10.3. The SMILES string of the molecule is C[C@H]1CC(n2c(Nc3ccc(C#N)cc3)nc3cc(C(=O)O)ccc32)CC(C)(C)C1. The molecule has 0 spiro atoms. The molecule has 0 amide bonds. The minimum atomic E-state index is -0.958. The van der Waals surface area contributed by atoms with Gasteiger partial charge in [0.15, 0.2) is 0 Å². The maximum Gasteiger partial charge on any atom is 0.335 e. The van der Waals surface area contributed by atoms with Crippen LogP contribution in [0.1, 0.15) is 62.0 Å². The average Bonchev–Trinajstić information content (AvgIpc) is 3.04. The molecular formula is C24H26N4O2. The molecule has 0 radical (unpaired) electrons. The van der Waals surface area contributed by atoms with Crippen molar-refractivity contribution >= 4 is 28.6 Å². The summed E-state index contributed by atoms with van der Waals surface area (Å²) in [5.41, 5.74) is 3.50. The van der Waals surface area contributed by atoms with Gasteiger partial charge in [0.05, 0.1) is 28.2 Å². The zero-order valence-electron chi connectivity index (χ0n) is 17.5. The molecule has 1 fully saturated rings. The lowest BCUT2D eigenvalue weighted by Gasteiger charge is -2.40. The lowest BCUT2D eigenvalue weighted by Crippen LogP contribution is -2.29. The van der Waals surface area contributed by atoms with Crippen LogP contribution in [0, 0.1) is 22.7 Å². The van der Waals surface area contributed by atoms with Crippen LogP contribution in [0.25, 0.3) is 11.0 Å². The van der Waals surface area contributed by atoms with Crippen molar-refractivity contribution in [2.45, 2.75) is 46.1 Å². The summed E-state index contributed by atoms with van der Waals surface area (Å²) in [5.74, 6) is 0.338. The normalized spacial score (nSPS) is 20.6. The summed E-state index contributed by atoms with van der Waals surface area (Å²) < 4.78 is 2.23. The fraction of sp³-hybridized carbons (Fsp3) is 0.375. The molecule has 1 heterocycles. The van der Waals surface area contributed by atoms with E-state index in [1.807, 2.05) is 18.2 Å². The second kappa shape index (κ2) is 7.49. The van der Waals surface area contributed by atoms with Crippen molar-refractivity contribution in [1.29, 1.82) is 5.26 Å². The highest BCUT2D eigenvalue weighted by Crippen LogP contribution is 2.46. The molecule has 0 bridgehead atoms. The van der Waals surface area contributed by atoms with E-state index in [0.717, 1.165) is 24.0 Å². The third kappa shape index (κ3) is 3.88. The van der Waals surface area contributed by atoms with E-state index in [1.165, 1.54) is 6.42 Å². The summed E-state index contributed by atoms with van der Waals surface area (Å²) in [5, 5.41) is 21.8. The fourth-order valence-electron chi connectivity index (χ4n) is 4.94. The number of imidazole rings is 1. The van der Waals surface area contributed by atoms with Gasteiger partial charge in [0.2, 0.25) is 5.95 Å². The Kier molecular flexibility index (Phi) is 4.98. The molecule has 6 nitrogen and oxygen atoms in total. The summed E-state index contributed by atoms with van der Waals surface area (Å²) in [6.45, 7) is 6.92. The van der Waals surface area contributed by atoms with E-state index in [4.69, 9.17) is 10.2 Å². The minimum absolute atomic E-state index is 0.228. The summed E-state index contributed by atoms with van der Waals surface area (Å²) in [6.07, 6.45) is 3.28. The minimum Gasteiger partial charge on any atom is -0.478 e. The zero-order chi connectivity index (χ0) is 21.5. The van der Waals surface area contributed by atoms with Crippen LogP contribution in [0.5, 0.6) is 0 Å². The van der Waals surface area contributed by atoms with E-state index in [9.17, 15) is 9.90 Å². The predicted molar refractivity (Wildman–Crippen MR) is 117 cm³/mol. The lowest BCUT2D eigenvalue weighted by atomic mass is 9.70. The molecule has 0 aliphatic heterocycles. The van der Waals surface area contributed by atoms with Crippen molar-refractivity contribution in [1.82, 2.24) is 9.55 Å². The Morgan fingerprint density at radius 3 is 2.60 bits per heavy atom. The zero-order valence-corrected chi connectivity index (χ0v) is 17.5. The number of carbonyl (C=O) groups is 1. The molecule has 2 aromatic carbocycles. The maximum absolute atomic E-state index is 11.4. The van der Waals surface area contributed by atoms with Gasteiger partial charge in [0, 0.05) is 11.7 Å². The van der Waals surface area contributed by atoms with Gasteiger partial charge in [-0.05, 0) is 73.1 Å². The molecule has 1 aliphatic rings. The average molecular weight is 402 g/mol. The van der Waals surface area contributed by atoms with E-state index in [-0.39, 0.29) is 17.0 Å². The first-order valence-electron chi connectivity index (χ1n) is 10.3. The number of nitrogens with zero attached hydrogens (tertiary/aromatic N) is 3. The molecule has 1 aromatic heterocycles. The Hall–Kier alpha value is -3.33. The van der Waals surface area contributed by atoms with Gasteiger partial charge in [0.25, 0.3) is 0 Å². The van der Waals surface area contributed by atoms with Gasteiger partial charge in [-0.1, -0.05) is 20.8 Å². The van der Waals surface area contributed by atoms with E-state index in [2.05, 4.69) is 36.7 Å². The number of rotatable bonds is 4. The van der Waals surface area contributed by atoms with Crippen LogP contribution in [-0.4, -0.2) is 20.6 Å². The molecule has 0 saturated heterocycles. The first-order chi connectivity index (χ1) is 14.3. The number of aromatic carboxylic acids is 1. The van der Waals surface area contributed by atoms with Crippen LogP contribution in [0.2, 0.25) is 0 Å². The molecule has 30 heavy (non-hydrogen) atoms. The standard InChI is InChI=1S/C24H26N4O2/c1-15-10-19(13-24(2,3)12-15)28-21-9-6-17(22(29)30)11-20(21)27-23(28)26-18-7-4-16(14-25)5-8-18/h4-9,11,15,19H,10,12-13H2,1-3H3,(H,26,27)(H,29,30)/t15-,19?/m0/s1. The number of hydrogen-bond donors (Lipinski definition) is 2. The van der Waals surface area contributed by atoms with Gasteiger partial charge in [-0.2, -0.15) is 5.26 Å². The molecule has 2 N–H and O–H groups in total. The highest BCUT2D eigenvalue weighted by Gasteiger charge is 2.34. The number of carboxylic acids is 1. The van der Waals surface area contributed by atoms with Gasteiger partial charge >= 0.3 is 5.97 Å². The van der Waals surface area contributed by atoms with Crippen LogP contribution in [0.15, 0.2) is 42.5 Å². The number of fused-ring (bicyclic) bond motifs is 1. The quantitative estimate of drug-likeness (QED) is 0.581. The molecule has 3 aromatic rings. The number of carboxylic acid groups (broad SMARTS) is 1. The Morgan fingerprint density at radius 2 is 1.97 bits per heavy atom. The van der Waals surface area contributed by atoms with Crippen LogP contribution in [0.4, 0.5) is 11.6 Å². The van der Waals surface area contributed by atoms with Crippen molar-refractivity contribution in [3.05, 3.63) is 53.6 Å². The van der Waals surface area contributed by atoms with E-state index < -0.39 is 5.97 Å². The molecule has 154 valence electrons. The highest BCUT2D eigenvalue weighted by molar-refractivity contribution is 5.93. The Bertz CT molecular complexity index is 1140. The van der Waals surface area contributed by atoms with E-state index in [0.29, 0.717) is 22.9 Å². The molecule has 2 atom stereocenters. The van der Waals surface area contributed by atoms with Gasteiger partial charge in [-0.25, -0.2) is 9.78 Å². The largest absolute Gasteiger partial charge is 0.478 e. The Morgan fingerprint density at radius 1 is 1.23 bits per heavy atom. The molecule has 1 saturated carbocycles. The van der Waals surface area contributed by atoms with Crippen molar-refractivity contribution in [3.63, 3.8) is 0 Å². The van der Waals surface area contributed by atoms with Crippen molar-refractivity contribution in [3.8, 4) is 6.07 Å². The van der Waals surface area contributed by atoms with Crippen molar-refractivity contribution < 1.29 is 9.90 Å². The van der Waals surface area contributed by atoms with Crippen LogP contribution >= 0.6 is 0 Å². The molecule has 1 unspecified atom stereocenters. The monoisotopic (exact) mass is 402 g/mol. The number of aromatic nitrogens is 2. The summed E-state index contributed by atoms with van der Waals surface area (Å²) in [7, 11) is 0. The second-order valence-electron chi connectivity index (χ2n) is 9.20. The topological polar surface area (TPSA) is 90.9 Å². The number of hydrogen-bond acceptors (Lipinski definition) is 4. The number of anilines is 2. The highest BCUT2D eigenvalue weighted by atomic mass is 16.4. The van der Waals surface area contributed by atoms with Crippen LogP contribution in [-0.2, 0) is 0 Å². The molecule has 1 aliphatic carbocycles. The molecule has 6 heteroatoms. The van der Waals surface area contributed by atoms with Crippen molar-refractivity contribution in [2.75, 3.05) is 5.32 Å². The van der Waals surface area contributed by atoms with Gasteiger partial charge in [0.1, 0.15) is 0 Å². The third-order valence-electron chi connectivity index (χ3n) is 5.94. The van der Waals surface area contributed by atoms with Crippen molar-refractivity contribution in [2.24, 2.45) is 11.3 Å². The Balaban J connectivity index is 1.81. The van der Waals surface area contributed by atoms with E-state index >= 15 is 0 Å². The Labute approximate surface area is 176 Å². The number of nitrogens with one attached hydrogen (secondary N) is 1. The second-order valence-corrected chi connectivity index (χ2v) is 9.20. The van der Waals surface area contributed by atoms with Gasteiger partial charge in [-0.15, -0.1) is 0 Å². The first kappa shape index (κ1) is 20.0. The van der Waals surface area contributed by atoms with Crippen LogP contribution in [0.3, 0.4) is 0 Å². The maximum atomic E-state index is 11.4. The number of nitriles is 1.